The average Bonchev–Trinajstić information content (AvgIpc) is 2.83. The van der Waals surface area contributed by atoms with E-state index < -0.39 is 5.97 Å². The summed E-state index contributed by atoms with van der Waals surface area (Å²) in [5, 5.41) is 13.9. The van der Waals surface area contributed by atoms with E-state index in [9.17, 15) is 4.79 Å². The van der Waals surface area contributed by atoms with Gasteiger partial charge < -0.3 is 5.11 Å². The van der Waals surface area contributed by atoms with Crippen LogP contribution in [-0.4, -0.2) is 11.1 Å². The standard InChI is InChI=1S/C30H24O2/c31-28(32)17-9-10-21-18-19-26-27(20-21)30(23-13-5-2-6-14-23)25-16-8-7-15-24(25)29(26)22-11-3-1-4-12-22/h1-8,11-16,18-20H,9-10,17H2,(H,31,32). The average molecular weight is 417 g/mol. The van der Waals surface area contributed by atoms with Gasteiger partial charge in [-0.25, -0.2) is 0 Å². The second-order valence-electron chi connectivity index (χ2n) is 8.15. The van der Waals surface area contributed by atoms with Crippen molar-refractivity contribution in [1.82, 2.24) is 0 Å². The molecule has 0 fully saturated rings. The molecule has 0 radical (unpaired) electrons. The number of carboxylic acid groups (broad SMARTS) is 1. The molecule has 0 aliphatic heterocycles. The Balaban J connectivity index is 1.84. The minimum absolute atomic E-state index is 0.191. The topological polar surface area (TPSA) is 37.3 Å². The largest absolute Gasteiger partial charge is 0.481 e. The van der Waals surface area contributed by atoms with E-state index in [1.165, 1.54) is 49.4 Å². The van der Waals surface area contributed by atoms with Crippen molar-refractivity contribution >= 4 is 27.5 Å². The van der Waals surface area contributed by atoms with Crippen LogP contribution in [0.3, 0.4) is 0 Å². The number of rotatable bonds is 6. The highest BCUT2D eigenvalue weighted by atomic mass is 16.4. The van der Waals surface area contributed by atoms with E-state index in [0.29, 0.717) is 6.42 Å². The van der Waals surface area contributed by atoms with Gasteiger partial charge in [-0.3, -0.25) is 4.79 Å². The molecule has 0 bridgehead atoms. The zero-order chi connectivity index (χ0) is 21.9. The van der Waals surface area contributed by atoms with Gasteiger partial charge in [-0.05, 0) is 62.2 Å². The first kappa shape index (κ1) is 20.0. The Morgan fingerprint density at radius 2 is 1.09 bits per heavy atom. The van der Waals surface area contributed by atoms with Crippen molar-refractivity contribution in [1.29, 1.82) is 0 Å². The lowest BCUT2D eigenvalue weighted by atomic mass is 9.85. The molecular formula is C30H24O2. The lowest BCUT2D eigenvalue weighted by Crippen LogP contribution is -1.96. The molecule has 5 rings (SSSR count). The summed E-state index contributed by atoms with van der Waals surface area (Å²) in [5.74, 6) is -0.742. The van der Waals surface area contributed by atoms with Gasteiger partial charge in [0.15, 0.2) is 0 Å². The Morgan fingerprint density at radius 1 is 0.594 bits per heavy atom. The number of aryl methyl sites for hydroxylation is 1. The lowest BCUT2D eigenvalue weighted by Gasteiger charge is -2.18. The van der Waals surface area contributed by atoms with Crippen molar-refractivity contribution in [2.75, 3.05) is 0 Å². The molecule has 0 aromatic heterocycles. The maximum absolute atomic E-state index is 11.0. The van der Waals surface area contributed by atoms with Crippen molar-refractivity contribution in [3.05, 3.63) is 109 Å². The van der Waals surface area contributed by atoms with Gasteiger partial charge >= 0.3 is 5.97 Å². The zero-order valence-corrected chi connectivity index (χ0v) is 17.8. The van der Waals surface area contributed by atoms with Crippen LogP contribution < -0.4 is 0 Å². The molecule has 0 aliphatic rings. The molecule has 5 aromatic carbocycles. The summed E-state index contributed by atoms with van der Waals surface area (Å²) in [5.41, 5.74) is 6.04. The summed E-state index contributed by atoms with van der Waals surface area (Å²) < 4.78 is 0. The minimum Gasteiger partial charge on any atom is -0.481 e. The number of carbonyl (C=O) groups is 1. The molecule has 0 saturated heterocycles. The highest BCUT2D eigenvalue weighted by Crippen LogP contribution is 2.43. The Morgan fingerprint density at radius 3 is 1.66 bits per heavy atom. The van der Waals surface area contributed by atoms with Crippen LogP contribution in [0, 0.1) is 0 Å². The van der Waals surface area contributed by atoms with Gasteiger partial charge in [0, 0.05) is 6.42 Å². The van der Waals surface area contributed by atoms with Crippen molar-refractivity contribution in [3.8, 4) is 22.3 Å². The molecule has 1 N–H and O–H groups in total. The first-order valence-corrected chi connectivity index (χ1v) is 11.0. The smallest absolute Gasteiger partial charge is 0.303 e. The molecule has 0 unspecified atom stereocenters. The molecular weight excluding hydrogens is 392 g/mol. The molecule has 156 valence electrons. The fourth-order valence-corrected chi connectivity index (χ4v) is 4.66. The van der Waals surface area contributed by atoms with E-state index in [4.69, 9.17) is 5.11 Å². The predicted molar refractivity (Wildman–Crippen MR) is 133 cm³/mol. The van der Waals surface area contributed by atoms with Crippen LogP contribution in [0.25, 0.3) is 43.8 Å². The SMILES string of the molecule is O=C(O)CCCc1ccc2c(-c3ccccc3)c3ccccc3c(-c3ccccc3)c2c1. The van der Waals surface area contributed by atoms with E-state index in [0.717, 1.165) is 6.42 Å². The third-order valence-corrected chi connectivity index (χ3v) is 6.07. The van der Waals surface area contributed by atoms with Crippen molar-refractivity contribution in [3.63, 3.8) is 0 Å². The summed E-state index contributed by atoms with van der Waals surface area (Å²) in [4.78, 5) is 11.0. The summed E-state index contributed by atoms with van der Waals surface area (Å²) in [6.07, 6.45) is 1.58. The Hall–Kier alpha value is -3.91. The van der Waals surface area contributed by atoms with Crippen LogP contribution in [-0.2, 0) is 11.2 Å². The number of fused-ring (bicyclic) bond motifs is 2. The van der Waals surface area contributed by atoms with Gasteiger partial charge in [-0.15, -0.1) is 0 Å². The number of hydrogen-bond acceptors (Lipinski definition) is 1. The molecule has 2 nitrogen and oxygen atoms in total. The molecule has 0 spiro atoms. The third kappa shape index (κ3) is 3.76. The molecule has 32 heavy (non-hydrogen) atoms. The minimum atomic E-state index is -0.742. The second-order valence-corrected chi connectivity index (χ2v) is 8.15. The normalized spacial score (nSPS) is 11.1. The summed E-state index contributed by atoms with van der Waals surface area (Å²) >= 11 is 0. The van der Waals surface area contributed by atoms with E-state index in [2.05, 4.69) is 91.0 Å². The van der Waals surface area contributed by atoms with Gasteiger partial charge in [0.05, 0.1) is 0 Å². The molecule has 0 amide bonds. The van der Waals surface area contributed by atoms with Crippen molar-refractivity contribution in [2.45, 2.75) is 19.3 Å². The second kappa shape index (κ2) is 8.68. The van der Waals surface area contributed by atoms with E-state index >= 15 is 0 Å². The Bertz CT molecular complexity index is 1400. The van der Waals surface area contributed by atoms with Crippen molar-refractivity contribution in [2.24, 2.45) is 0 Å². The lowest BCUT2D eigenvalue weighted by molar-refractivity contribution is -0.137. The van der Waals surface area contributed by atoms with Crippen LogP contribution >= 0.6 is 0 Å². The van der Waals surface area contributed by atoms with Crippen LogP contribution in [0.2, 0.25) is 0 Å². The fraction of sp³-hybridized carbons (Fsp3) is 0.100. The van der Waals surface area contributed by atoms with Gasteiger partial charge in [-0.2, -0.15) is 0 Å². The molecule has 0 heterocycles. The van der Waals surface area contributed by atoms with E-state index in [1.54, 1.807) is 0 Å². The van der Waals surface area contributed by atoms with Crippen LogP contribution in [0.4, 0.5) is 0 Å². The van der Waals surface area contributed by atoms with E-state index in [1.807, 2.05) is 12.1 Å². The highest BCUT2D eigenvalue weighted by Gasteiger charge is 2.16. The number of aliphatic carboxylic acids is 1. The summed E-state index contributed by atoms with van der Waals surface area (Å²) in [6.45, 7) is 0. The van der Waals surface area contributed by atoms with E-state index in [-0.39, 0.29) is 6.42 Å². The predicted octanol–water partition coefficient (Wildman–Crippen LogP) is 7.73. The van der Waals surface area contributed by atoms with Crippen LogP contribution in [0.1, 0.15) is 18.4 Å². The number of hydrogen-bond donors (Lipinski definition) is 1. The summed E-state index contributed by atoms with van der Waals surface area (Å²) in [6, 6.07) is 36.4. The van der Waals surface area contributed by atoms with Gasteiger partial charge in [0.1, 0.15) is 0 Å². The first-order chi connectivity index (χ1) is 15.7. The number of benzene rings is 5. The van der Waals surface area contributed by atoms with Gasteiger partial charge in [0.25, 0.3) is 0 Å². The maximum Gasteiger partial charge on any atom is 0.303 e. The third-order valence-electron chi connectivity index (χ3n) is 6.07. The Kier molecular flexibility index (Phi) is 5.43. The highest BCUT2D eigenvalue weighted by molar-refractivity contribution is 6.21. The molecule has 0 atom stereocenters. The fourth-order valence-electron chi connectivity index (χ4n) is 4.66. The van der Waals surface area contributed by atoms with Crippen LogP contribution in [0.5, 0.6) is 0 Å². The van der Waals surface area contributed by atoms with Crippen molar-refractivity contribution < 1.29 is 9.90 Å². The van der Waals surface area contributed by atoms with Gasteiger partial charge in [-0.1, -0.05) is 103 Å². The molecule has 0 aliphatic carbocycles. The Labute approximate surface area is 187 Å². The molecule has 2 heteroatoms. The monoisotopic (exact) mass is 416 g/mol. The summed E-state index contributed by atoms with van der Waals surface area (Å²) in [7, 11) is 0. The maximum atomic E-state index is 11.0. The first-order valence-electron chi connectivity index (χ1n) is 11.0. The van der Waals surface area contributed by atoms with Crippen LogP contribution in [0.15, 0.2) is 103 Å². The number of carboxylic acids is 1. The molecule has 0 saturated carbocycles. The zero-order valence-electron chi connectivity index (χ0n) is 17.8. The molecule has 5 aromatic rings. The quantitative estimate of drug-likeness (QED) is 0.288. The van der Waals surface area contributed by atoms with Gasteiger partial charge in [0.2, 0.25) is 0 Å².